The van der Waals surface area contributed by atoms with E-state index in [0.29, 0.717) is 17.0 Å². The Morgan fingerprint density at radius 1 is 1.04 bits per heavy atom. The summed E-state index contributed by atoms with van der Waals surface area (Å²) in [4.78, 5) is 20.4. The second-order valence-corrected chi connectivity index (χ2v) is 4.83. The highest BCUT2D eigenvalue weighted by Gasteiger charge is 2.23. The maximum atomic E-state index is 11.1. The third-order valence-corrected chi connectivity index (χ3v) is 3.37. The van der Waals surface area contributed by atoms with E-state index in [-0.39, 0.29) is 17.2 Å². The van der Waals surface area contributed by atoms with Gasteiger partial charge >= 0.3 is 5.69 Å². The molecular formula is C14H10N6O4. The van der Waals surface area contributed by atoms with Crippen LogP contribution >= 0.6 is 0 Å². The molecule has 2 aromatic rings. The highest BCUT2D eigenvalue weighted by Crippen LogP contribution is 2.29. The number of nitrogens with zero attached hydrogens (tertiary/aromatic N) is 3. The van der Waals surface area contributed by atoms with E-state index in [4.69, 9.17) is 5.41 Å². The summed E-state index contributed by atoms with van der Waals surface area (Å²) in [6, 6.07) is 10.3. The second kappa shape index (κ2) is 5.76. The fourth-order valence-corrected chi connectivity index (χ4v) is 2.24. The van der Waals surface area contributed by atoms with Crippen molar-refractivity contribution in [2.75, 3.05) is 5.43 Å². The van der Waals surface area contributed by atoms with E-state index < -0.39 is 15.5 Å². The molecule has 10 heteroatoms. The smallest absolute Gasteiger partial charge is 0.301 e. The van der Waals surface area contributed by atoms with Gasteiger partial charge in [-0.2, -0.15) is 5.10 Å². The molecule has 0 unspecified atom stereocenters. The van der Waals surface area contributed by atoms with E-state index in [2.05, 4.69) is 15.8 Å². The van der Waals surface area contributed by atoms with E-state index in [1.165, 1.54) is 6.07 Å². The van der Waals surface area contributed by atoms with Gasteiger partial charge in [-0.05, 0) is 6.07 Å². The van der Waals surface area contributed by atoms with Crippen LogP contribution < -0.4 is 10.7 Å². The summed E-state index contributed by atoms with van der Waals surface area (Å²) in [5.74, 6) is 0.507. The van der Waals surface area contributed by atoms with E-state index >= 15 is 0 Å². The lowest BCUT2D eigenvalue weighted by molar-refractivity contribution is -0.393. The van der Waals surface area contributed by atoms with Crippen molar-refractivity contribution in [1.29, 1.82) is 5.41 Å². The minimum atomic E-state index is -0.729. The highest BCUT2D eigenvalue weighted by atomic mass is 16.6. The van der Waals surface area contributed by atoms with Gasteiger partial charge in [-0.25, -0.2) is 0 Å². The number of hydrogen-bond donors (Lipinski definition) is 3. The predicted molar refractivity (Wildman–Crippen MR) is 86.3 cm³/mol. The van der Waals surface area contributed by atoms with Crippen molar-refractivity contribution in [3.63, 3.8) is 0 Å². The van der Waals surface area contributed by atoms with Crippen molar-refractivity contribution >= 4 is 28.7 Å². The summed E-state index contributed by atoms with van der Waals surface area (Å²) in [5, 5.41) is 36.4. The van der Waals surface area contributed by atoms with Crippen LogP contribution in [-0.2, 0) is 0 Å². The van der Waals surface area contributed by atoms with Gasteiger partial charge in [0.25, 0.3) is 5.69 Å². The maximum absolute atomic E-state index is 11.1. The van der Waals surface area contributed by atoms with Gasteiger partial charge in [0.05, 0.1) is 15.9 Å². The van der Waals surface area contributed by atoms with Gasteiger partial charge in [-0.3, -0.25) is 31.1 Å². The lowest BCUT2D eigenvalue weighted by Gasteiger charge is -2.04. The Balaban J connectivity index is 1.94. The Bertz CT molecular complexity index is 908. The fourth-order valence-electron chi connectivity index (χ4n) is 2.24. The molecule has 0 fully saturated rings. The number of rotatable bonds is 4. The molecule has 24 heavy (non-hydrogen) atoms. The topological polar surface area (TPSA) is 147 Å². The molecule has 10 nitrogen and oxygen atoms in total. The van der Waals surface area contributed by atoms with Crippen LogP contribution in [-0.4, -0.2) is 21.5 Å². The molecule has 0 atom stereocenters. The highest BCUT2D eigenvalue weighted by molar-refractivity contribution is 6.24. The first-order valence-corrected chi connectivity index (χ1v) is 6.69. The average molecular weight is 326 g/mol. The molecule has 0 amide bonds. The van der Waals surface area contributed by atoms with Crippen LogP contribution in [0, 0.1) is 25.6 Å². The molecule has 1 aliphatic rings. The number of nitro benzene ring substituents is 2. The molecule has 1 heterocycles. The number of nitro groups is 2. The van der Waals surface area contributed by atoms with Gasteiger partial charge in [0.15, 0.2) is 5.84 Å². The summed E-state index contributed by atoms with van der Waals surface area (Å²) < 4.78 is 0. The van der Waals surface area contributed by atoms with Gasteiger partial charge in [0, 0.05) is 17.2 Å². The Kier molecular flexibility index (Phi) is 3.62. The first-order valence-electron chi connectivity index (χ1n) is 6.69. The van der Waals surface area contributed by atoms with Crippen LogP contribution in [0.2, 0.25) is 0 Å². The van der Waals surface area contributed by atoms with E-state index in [1.54, 1.807) is 24.3 Å². The van der Waals surface area contributed by atoms with E-state index in [0.717, 1.165) is 12.1 Å². The zero-order valence-electron chi connectivity index (χ0n) is 12.0. The number of nitrogens with one attached hydrogen (secondary N) is 3. The first kappa shape index (κ1) is 15.1. The fraction of sp³-hybridized carbons (Fsp3) is 0. The third-order valence-electron chi connectivity index (χ3n) is 3.37. The number of hydrazone groups is 1. The van der Waals surface area contributed by atoms with Gasteiger partial charge in [-0.15, -0.1) is 0 Å². The quantitative estimate of drug-likeness (QED) is 0.579. The largest absolute Gasteiger partial charge is 0.323 e. The molecule has 1 aliphatic heterocycles. The van der Waals surface area contributed by atoms with Crippen LogP contribution in [0.15, 0.2) is 47.6 Å². The van der Waals surface area contributed by atoms with Crippen LogP contribution in [0.4, 0.5) is 17.1 Å². The number of hydrogen-bond acceptors (Lipinski definition) is 7. The number of non-ortho nitro benzene ring substituents is 1. The van der Waals surface area contributed by atoms with Gasteiger partial charge in [0.2, 0.25) is 0 Å². The molecule has 0 aromatic heterocycles. The molecular weight excluding hydrogens is 316 g/mol. The van der Waals surface area contributed by atoms with E-state index in [1.807, 2.05) is 0 Å². The minimum Gasteiger partial charge on any atom is -0.323 e. The molecule has 3 rings (SSSR count). The summed E-state index contributed by atoms with van der Waals surface area (Å²) in [6.07, 6.45) is 0. The minimum absolute atomic E-state index is 0.0100. The molecule has 2 aromatic carbocycles. The molecule has 0 saturated carbocycles. The predicted octanol–water partition coefficient (Wildman–Crippen LogP) is 2.21. The molecule has 0 aliphatic carbocycles. The van der Waals surface area contributed by atoms with Gasteiger partial charge in [0.1, 0.15) is 11.5 Å². The Morgan fingerprint density at radius 3 is 2.42 bits per heavy atom. The Morgan fingerprint density at radius 2 is 1.75 bits per heavy atom. The third kappa shape index (κ3) is 2.63. The van der Waals surface area contributed by atoms with Crippen molar-refractivity contribution in [1.82, 2.24) is 5.32 Å². The number of amidine groups is 2. The molecule has 120 valence electrons. The molecule has 0 spiro atoms. The normalized spacial score (nSPS) is 14.2. The SMILES string of the molecule is N=C1NC(=NNc2ccc([N+](=O)[O-])cc2[N+](=O)[O-])c2ccccc21. The maximum Gasteiger partial charge on any atom is 0.301 e. The van der Waals surface area contributed by atoms with Crippen molar-refractivity contribution in [3.8, 4) is 0 Å². The summed E-state index contributed by atoms with van der Waals surface area (Å²) in [6.45, 7) is 0. The standard InChI is InChI=1S/C14H10N6O4/c15-13-9-3-1-2-4-10(9)14(16-13)18-17-11-6-5-8(19(21)22)7-12(11)20(23)24/h1-7,17H,(H2,15,16,18). The van der Waals surface area contributed by atoms with Crippen molar-refractivity contribution < 1.29 is 9.85 Å². The lowest BCUT2D eigenvalue weighted by Crippen LogP contribution is -2.22. The zero-order valence-corrected chi connectivity index (χ0v) is 12.0. The first-order chi connectivity index (χ1) is 11.5. The summed E-state index contributed by atoms with van der Waals surface area (Å²) in [5.41, 5.74) is 3.04. The number of benzene rings is 2. The summed E-state index contributed by atoms with van der Waals surface area (Å²) in [7, 11) is 0. The van der Waals surface area contributed by atoms with Crippen molar-refractivity contribution in [2.45, 2.75) is 0 Å². The molecule has 0 saturated heterocycles. The molecule has 0 bridgehead atoms. The van der Waals surface area contributed by atoms with Crippen LogP contribution in [0.3, 0.4) is 0 Å². The Labute approximate surface area is 134 Å². The van der Waals surface area contributed by atoms with Crippen LogP contribution in [0.1, 0.15) is 11.1 Å². The number of fused-ring (bicyclic) bond motifs is 1. The van der Waals surface area contributed by atoms with E-state index in [9.17, 15) is 20.2 Å². The van der Waals surface area contributed by atoms with Crippen LogP contribution in [0.25, 0.3) is 0 Å². The van der Waals surface area contributed by atoms with Crippen LogP contribution in [0.5, 0.6) is 0 Å². The van der Waals surface area contributed by atoms with Crippen molar-refractivity contribution in [3.05, 3.63) is 73.8 Å². The van der Waals surface area contributed by atoms with Gasteiger partial charge in [-0.1, -0.05) is 24.3 Å². The van der Waals surface area contributed by atoms with Gasteiger partial charge < -0.3 is 5.32 Å². The second-order valence-electron chi connectivity index (χ2n) is 4.83. The average Bonchev–Trinajstić information content (AvgIpc) is 2.89. The lowest BCUT2D eigenvalue weighted by atomic mass is 10.1. The zero-order chi connectivity index (χ0) is 17.3. The van der Waals surface area contributed by atoms with Crippen molar-refractivity contribution in [2.24, 2.45) is 5.10 Å². The monoisotopic (exact) mass is 326 g/mol. The molecule has 3 N–H and O–H groups in total. The number of anilines is 1. The molecule has 0 radical (unpaired) electrons. The Hall–Kier alpha value is -3.82. The summed E-state index contributed by atoms with van der Waals surface area (Å²) >= 11 is 0.